The van der Waals surface area contributed by atoms with Crippen molar-refractivity contribution in [2.45, 2.75) is 37.3 Å². The molecule has 1 fully saturated rings. The summed E-state index contributed by atoms with van der Waals surface area (Å²) in [4.78, 5) is 11.9. The van der Waals surface area contributed by atoms with E-state index in [1.165, 1.54) is 0 Å². The van der Waals surface area contributed by atoms with Gasteiger partial charge in [0, 0.05) is 41.8 Å². The Bertz CT molecular complexity index is 760. The summed E-state index contributed by atoms with van der Waals surface area (Å²) in [7, 11) is 0. The van der Waals surface area contributed by atoms with Crippen LogP contribution in [-0.2, 0) is 5.60 Å². The molecule has 0 aromatic carbocycles. The smallest absolute Gasteiger partial charge is 0.124 e. The molecule has 0 atom stereocenters. The number of hydrogen-bond acceptors (Lipinski definition) is 5. The minimum Gasteiger partial charge on any atom is -0.384 e. The molecule has 6 heteroatoms. The molecule has 0 unspecified atom stereocenters. The highest BCUT2D eigenvalue weighted by Gasteiger charge is 2.36. The molecule has 0 aliphatic heterocycles. The van der Waals surface area contributed by atoms with Crippen molar-refractivity contribution in [3.63, 3.8) is 0 Å². The number of nitrogens with zero attached hydrogens (tertiary/aromatic N) is 2. The van der Waals surface area contributed by atoms with Crippen LogP contribution in [0, 0.1) is 0 Å². The van der Waals surface area contributed by atoms with Crippen LogP contribution in [-0.4, -0.2) is 26.1 Å². The standard InChI is InChI=1S/C18H20N4OS/c23-18(6-3-14(4-7-18)22-15-5-8-19-12-15)16-2-1-13(11-21-16)17-20-9-10-24-17/h1-2,5,8-12,14,19,22-23H,3-4,6-7H2. The van der Waals surface area contributed by atoms with Crippen molar-refractivity contribution in [2.75, 3.05) is 5.32 Å². The van der Waals surface area contributed by atoms with Gasteiger partial charge in [-0.15, -0.1) is 11.3 Å². The summed E-state index contributed by atoms with van der Waals surface area (Å²) in [6.07, 6.45) is 10.8. The van der Waals surface area contributed by atoms with Gasteiger partial charge in [-0.05, 0) is 43.9 Å². The Balaban J connectivity index is 1.42. The minimum absolute atomic E-state index is 0.399. The van der Waals surface area contributed by atoms with Crippen molar-refractivity contribution in [3.05, 3.63) is 54.1 Å². The Labute approximate surface area is 144 Å². The third-order valence-corrected chi connectivity index (χ3v) is 5.52. The summed E-state index contributed by atoms with van der Waals surface area (Å²) in [6.45, 7) is 0. The third kappa shape index (κ3) is 3.07. The van der Waals surface area contributed by atoms with Crippen LogP contribution >= 0.6 is 11.3 Å². The Morgan fingerprint density at radius 3 is 2.71 bits per heavy atom. The maximum absolute atomic E-state index is 11.0. The number of aliphatic hydroxyl groups is 1. The van der Waals surface area contributed by atoms with Crippen molar-refractivity contribution >= 4 is 17.0 Å². The largest absolute Gasteiger partial charge is 0.384 e. The number of rotatable bonds is 4. The molecule has 1 aliphatic carbocycles. The van der Waals surface area contributed by atoms with Crippen LogP contribution in [0.2, 0.25) is 0 Å². The lowest BCUT2D eigenvalue weighted by molar-refractivity contribution is -0.00723. The SMILES string of the molecule is OC1(c2ccc(-c3nccs3)cn2)CCC(Nc2cc[nH]c2)CC1. The van der Waals surface area contributed by atoms with E-state index in [1.54, 1.807) is 17.5 Å². The zero-order valence-electron chi connectivity index (χ0n) is 13.3. The molecule has 0 bridgehead atoms. The minimum atomic E-state index is -0.822. The van der Waals surface area contributed by atoms with Crippen LogP contribution in [0.4, 0.5) is 5.69 Å². The molecule has 4 rings (SSSR count). The Hall–Kier alpha value is -2.18. The number of aromatic nitrogens is 3. The van der Waals surface area contributed by atoms with Gasteiger partial charge in [0.2, 0.25) is 0 Å². The van der Waals surface area contributed by atoms with Crippen molar-refractivity contribution in [1.82, 2.24) is 15.0 Å². The number of nitrogens with one attached hydrogen (secondary N) is 2. The first kappa shape index (κ1) is 15.4. The van der Waals surface area contributed by atoms with Gasteiger partial charge in [0.1, 0.15) is 10.6 Å². The van der Waals surface area contributed by atoms with Crippen LogP contribution < -0.4 is 5.32 Å². The lowest BCUT2D eigenvalue weighted by Gasteiger charge is -2.36. The van der Waals surface area contributed by atoms with Gasteiger partial charge in [-0.25, -0.2) is 4.98 Å². The van der Waals surface area contributed by atoms with E-state index in [1.807, 2.05) is 42.2 Å². The van der Waals surface area contributed by atoms with E-state index < -0.39 is 5.60 Å². The highest BCUT2D eigenvalue weighted by molar-refractivity contribution is 7.13. The van der Waals surface area contributed by atoms with Crippen LogP contribution in [0.3, 0.4) is 0 Å². The molecular formula is C18H20N4OS. The van der Waals surface area contributed by atoms with E-state index in [2.05, 4.69) is 20.3 Å². The van der Waals surface area contributed by atoms with Crippen LogP contribution in [0.15, 0.2) is 48.4 Å². The lowest BCUT2D eigenvalue weighted by atomic mass is 9.79. The van der Waals surface area contributed by atoms with E-state index in [0.717, 1.165) is 47.6 Å². The molecule has 3 aromatic heterocycles. The monoisotopic (exact) mass is 340 g/mol. The molecule has 1 saturated carbocycles. The van der Waals surface area contributed by atoms with Crippen molar-refractivity contribution in [1.29, 1.82) is 0 Å². The first-order valence-corrected chi connectivity index (χ1v) is 9.09. The van der Waals surface area contributed by atoms with E-state index in [-0.39, 0.29) is 0 Å². The highest BCUT2D eigenvalue weighted by Crippen LogP contribution is 2.37. The zero-order chi connectivity index (χ0) is 16.4. The average Bonchev–Trinajstić information content (AvgIpc) is 3.31. The maximum atomic E-state index is 11.0. The second kappa shape index (κ2) is 6.37. The summed E-state index contributed by atoms with van der Waals surface area (Å²) in [5, 5.41) is 17.4. The average molecular weight is 340 g/mol. The van der Waals surface area contributed by atoms with Gasteiger partial charge in [0.15, 0.2) is 0 Å². The van der Waals surface area contributed by atoms with Crippen LogP contribution in [0.1, 0.15) is 31.4 Å². The number of thiazole rings is 1. The quantitative estimate of drug-likeness (QED) is 0.676. The Kier molecular flexibility index (Phi) is 4.08. The molecule has 24 heavy (non-hydrogen) atoms. The summed E-state index contributed by atoms with van der Waals surface area (Å²) in [5.74, 6) is 0. The fourth-order valence-electron chi connectivity index (χ4n) is 3.31. The second-order valence-corrected chi connectivity index (χ2v) is 7.21. The molecule has 0 amide bonds. The second-order valence-electron chi connectivity index (χ2n) is 6.32. The van der Waals surface area contributed by atoms with Crippen LogP contribution in [0.5, 0.6) is 0 Å². The van der Waals surface area contributed by atoms with Crippen molar-refractivity contribution < 1.29 is 5.11 Å². The first-order chi connectivity index (χ1) is 11.7. The molecule has 5 nitrogen and oxygen atoms in total. The fraction of sp³-hybridized carbons (Fsp3) is 0.333. The number of hydrogen-bond donors (Lipinski definition) is 3. The zero-order valence-corrected chi connectivity index (χ0v) is 14.1. The third-order valence-electron chi connectivity index (χ3n) is 4.70. The molecular weight excluding hydrogens is 320 g/mol. The molecule has 3 N–H and O–H groups in total. The van der Waals surface area contributed by atoms with Crippen molar-refractivity contribution in [3.8, 4) is 10.6 Å². The summed E-state index contributed by atoms with van der Waals surface area (Å²) >= 11 is 1.59. The van der Waals surface area contributed by atoms with Crippen LogP contribution in [0.25, 0.3) is 10.6 Å². The van der Waals surface area contributed by atoms with Crippen molar-refractivity contribution in [2.24, 2.45) is 0 Å². The van der Waals surface area contributed by atoms with E-state index in [0.29, 0.717) is 6.04 Å². The van der Waals surface area contributed by atoms with Gasteiger partial charge in [0.05, 0.1) is 11.4 Å². The fourth-order valence-corrected chi connectivity index (χ4v) is 3.94. The van der Waals surface area contributed by atoms with Gasteiger partial charge < -0.3 is 15.4 Å². The normalized spacial score (nSPS) is 24.0. The molecule has 3 heterocycles. The highest BCUT2D eigenvalue weighted by atomic mass is 32.1. The van der Waals surface area contributed by atoms with Gasteiger partial charge in [-0.3, -0.25) is 4.98 Å². The number of aromatic amines is 1. The number of anilines is 1. The molecule has 1 aliphatic rings. The first-order valence-electron chi connectivity index (χ1n) is 8.21. The molecule has 0 spiro atoms. The molecule has 0 radical (unpaired) electrons. The van der Waals surface area contributed by atoms with Gasteiger partial charge in [-0.1, -0.05) is 0 Å². The predicted octanol–water partition coefficient (Wildman–Crippen LogP) is 3.78. The van der Waals surface area contributed by atoms with Gasteiger partial charge in [-0.2, -0.15) is 0 Å². The Morgan fingerprint density at radius 2 is 2.08 bits per heavy atom. The predicted molar refractivity (Wildman–Crippen MR) is 95.9 cm³/mol. The molecule has 0 saturated heterocycles. The van der Waals surface area contributed by atoms with E-state index in [9.17, 15) is 5.11 Å². The maximum Gasteiger partial charge on any atom is 0.124 e. The Morgan fingerprint density at radius 1 is 1.21 bits per heavy atom. The number of H-pyrrole nitrogens is 1. The summed E-state index contributed by atoms with van der Waals surface area (Å²) < 4.78 is 0. The van der Waals surface area contributed by atoms with Gasteiger partial charge in [0.25, 0.3) is 0 Å². The molecule has 3 aromatic rings. The van der Waals surface area contributed by atoms with E-state index >= 15 is 0 Å². The number of pyridine rings is 1. The lowest BCUT2D eigenvalue weighted by Crippen LogP contribution is -2.36. The topological polar surface area (TPSA) is 73.8 Å². The summed E-state index contributed by atoms with van der Waals surface area (Å²) in [5.41, 5.74) is 2.05. The van der Waals surface area contributed by atoms with E-state index in [4.69, 9.17) is 0 Å². The van der Waals surface area contributed by atoms with Gasteiger partial charge >= 0.3 is 0 Å². The molecule has 124 valence electrons. The summed E-state index contributed by atoms with van der Waals surface area (Å²) in [6, 6.07) is 6.37.